The van der Waals surface area contributed by atoms with Crippen LogP contribution in [0.4, 0.5) is 0 Å². The maximum absolute atomic E-state index is 10.5. The number of Topliss-reactive ketones (excluding diaryl/α,β-unsaturated/α-hetero) is 1. The van der Waals surface area contributed by atoms with Crippen molar-refractivity contribution in [1.29, 1.82) is 0 Å². The van der Waals surface area contributed by atoms with Gasteiger partial charge in [0.05, 0.1) is 0 Å². The predicted molar refractivity (Wildman–Crippen MR) is 107 cm³/mol. The monoisotopic (exact) mass is 343 g/mol. The molecule has 0 spiro atoms. The molecule has 0 aliphatic rings. The lowest BCUT2D eigenvalue weighted by Gasteiger charge is -2.17. The van der Waals surface area contributed by atoms with E-state index in [0.717, 1.165) is 13.0 Å². The molecule has 0 fully saturated rings. The molecule has 0 unspecified atom stereocenters. The normalized spacial score (nSPS) is 11.5. The highest BCUT2D eigenvalue weighted by Gasteiger charge is 2.14. The smallest absolute Gasteiger partial charge is 0.216 e. The van der Waals surface area contributed by atoms with Gasteiger partial charge in [0.1, 0.15) is 5.78 Å². The van der Waals surface area contributed by atoms with Crippen molar-refractivity contribution in [2.24, 2.45) is 16.2 Å². The first kappa shape index (κ1) is 28.0. The molecule has 0 rings (SSSR count). The summed E-state index contributed by atoms with van der Waals surface area (Å²) in [5.74, 6) is 0.303. The fraction of sp³-hybridized carbons (Fsp3) is 0.905. The van der Waals surface area contributed by atoms with E-state index in [0.29, 0.717) is 10.8 Å². The lowest BCUT2D eigenvalue weighted by molar-refractivity contribution is -0.124. The van der Waals surface area contributed by atoms with Gasteiger partial charge in [-0.25, -0.2) is 0 Å². The molecule has 0 aliphatic heterocycles. The van der Waals surface area contributed by atoms with Crippen molar-refractivity contribution in [1.82, 2.24) is 5.32 Å². The van der Waals surface area contributed by atoms with Gasteiger partial charge in [0.15, 0.2) is 0 Å². The molecule has 0 aliphatic carbocycles. The van der Waals surface area contributed by atoms with E-state index in [2.05, 4.69) is 53.8 Å². The molecule has 3 nitrogen and oxygen atoms in total. The summed E-state index contributed by atoms with van der Waals surface area (Å²) in [5.41, 5.74) is 0.733. The van der Waals surface area contributed by atoms with Gasteiger partial charge in [0, 0.05) is 18.9 Å². The van der Waals surface area contributed by atoms with Crippen LogP contribution in [0.15, 0.2) is 0 Å². The standard InChI is InChI=1S/C8H17NO.C7H16.C6H12O/c1-7(10)9-6-5-8(2,3)4;1-5-6-7(2,3)4;1-5(7)6(2,3)4/h5-6H2,1-4H3,(H,9,10);5-6H2,1-4H3;1-4H3. The van der Waals surface area contributed by atoms with Crippen molar-refractivity contribution in [3.63, 3.8) is 0 Å². The van der Waals surface area contributed by atoms with Crippen molar-refractivity contribution in [2.45, 2.75) is 102 Å². The highest BCUT2D eigenvalue weighted by Crippen LogP contribution is 2.19. The Morgan fingerprint density at radius 3 is 1.21 bits per heavy atom. The van der Waals surface area contributed by atoms with E-state index in [-0.39, 0.29) is 17.1 Å². The summed E-state index contributed by atoms with van der Waals surface area (Å²) < 4.78 is 0. The average Bonchev–Trinajstić information content (AvgIpc) is 2.24. The zero-order valence-corrected chi connectivity index (χ0v) is 18.6. The minimum absolute atomic E-state index is 0.0595. The van der Waals surface area contributed by atoms with E-state index >= 15 is 0 Å². The summed E-state index contributed by atoms with van der Waals surface area (Å²) in [5, 5.41) is 2.76. The lowest BCUT2D eigenvalue weighted by atomic mass is 9.91. The maximum atomic E-state index is 10.5. The number of carbonyl (C=O) groups is 2. The Morgan fingerprint density at radius 1 is 0.750 bits per heavy atom. The molecule has 0 bridgehead atoms. The first-order valence-corrected chi connectivity index (χ1v) is 9.18. The molecule has 0 atom stereocenters. The zero-order chi connectivity index (χ0) is 20.2. The summed E-state index contributed by atoms with van der Waals surface area (Å²) in [4.78, 5) is 20.9. The van der Waals surface area contributed by atoms with Gasteiger partial charge >= 0.3 is 0 Å². The SMILES string of the molecule is CC(=O)C(C)(C)C.CC(=O)NCCC(C)(C)C.CCCC(C)(C)C. The fourth-order valence-corrected chi connectivity index (χ4v) is 1.36. The Kier molecular flexibility index (Phi) is 14.6. The number of rotatable bonds is 3. The Bertz CT molecular complexity index is 338. The van der Waals surface area contributed by atoms with Crippen LogP contribution >= 0.6 is 0 Å². The second kappa shape index (κ2) is 12.5. The average molecular weight is 344 g/mol. The molecular formula is C21H45NO2. The summed E-state index contributed by atoms with van der Waals surface area (Å²) in [6, 6.07) is 0. The van der Waals surface area contributed by atoms with Gasteiger partial charge in [0.2, 0.25) is 5.91 Å². The molecule has 24 heavy (non-hydrogen) atoms. The van der Waals surface area contributed by atoms with E-state index in [1.54, 1.807) is 13.8 Å². The minimum Gasteiger partial charge on any atom is -0.356 e. The number of ketones is 1. The number of nitrogens with one attached hydrogen (secondary N) is 1. The number of carbonyl (C=O) groups excluding carboxylic acids is 2. The van der Waals surface area contributed by atoms with Gasteiger partial charge in [-0.3, -0.25) is 9.59 Å². The fourth-order valence-electron chi connectivity index (χ4n) is 1.36. The van der Waals surface area contributed by atoms with Crippen molar-refractivity contribution < 1.29 is 9.59 Å². The van der Waals surface area contributed by atoms with Gasteiger partial charge in [-0.05, 0) is 30.6 Å². The molecule has 0 aromatic carbocycles. The van der Waals surface area contributed by atoms with Crippen LogP contribution in [-0.4, -0.2) is 18.2 Å². The highest BCUT2D eigenvalue weighted by atomic mass is 16.1. The number of amides is 1. The van der Waals surface area contributed by atoms with E-state index in [4.69, 9.17) is 0 Å². The molecule has 0 radical (unpaired) electrons. The second-order valence-electron chi connectivity index (χ2n) is 9.91. The summed E-state index contributed by atoms with van der Waals surface area (Å²) in [7, 11) is 0. The predicted octanol–water partition coefficient (Wildman–Crippen LogP) is 6.01. The Hall–Kier alpha value is -0.860. The molecule has 0 saturated heterocycles. The third kappa shape index (κ3) is 32.9. The van der Waals surface area contributed by atoms with Crippen LogP contribution in [0.3, 0.4) is 0 Å². The van der Waals surface area contributed by atoms with Crippen molar-refractivity contribution in [2.75, 3.05) is 6.54 Å². The van der Waals surface area contributed by atoms with Crippen molar-refractivity contribution in [3.8, 4) is 0 Å². The highest BCUT2D eigenvalue weighted by molar-refractivity contribution is 5.80. The van der Waals surface area contributed by atoms with Gasteiger partial charge in [-0.15, -0.1) is 0 Å². The topological polar surface area (TPSA) is 46.2 Å². The van der Waals surface area contributed by atoms with Crippen LogP contribution in [0, 0.1) is 16.2 Å². The van der Waals surface area contributed by atoms with Gasteiger partial charge in [-0.1, -0.05) is 75.7 Å². The van der Waals surface area contributed by atoms with Crippen molar-refractivity contribution in [3.05, 3.63) is 0 Å². The largest absolute Gasteiger partial charge is 0.356 e. The molecule has 1 amide bonds. The summed E-state index contributed by atoms with van der Waals surface area (Å²) in [6.07, 6.45) is 3.68. The molecule has 3 heteroatoms. The third-order valence-corrected chi connectivity index (χ3v) is 3.31. The van der Waals surface area contributed by atoms with E-state index in [9.17, 15) is 9.59 Å². The zero-order valence-electron chi connectivity index (χ0n) is 18.6. The van der Waals surface area contributed by atoms with Crippen LogP contribution in [0.1, 0.15) is 102 Å². The first-order chi connectivity index (χ1) is 10.4. The maximum Gasteiger partial charge on any atom is 0.216 e. The van der Waals surface area contributed by atoms with Crippen LogP contribution < -0.4 is 5.32 Å². The second-order valence-corrected chi connectivity index (χ2v) is 9.91. The van der Waals surface area contributed by atoms with Crippen molar-refractivity contribution >= 4 is 11.7 Å². The molecule has 0 heterocycles. The molecule has 0 aromatic rings. The molecule has 0 aromatic heterocycles. The Balaban J connectivity index is -0.000000283. The molecule has 1 N–H and O–H groups in total. The molecule has 0 saturated carbocycles. The molecular weight excluding hydrogens is 298 g/mol. The van der Waals surface area contributed by atoms with E-state index in [1.807, 2.05) is 20.8 Å². The van der Waals surface area contributed by atoms with Crippen LogP contribution in [0.5, 0.6) is 0 Å². The van der Waals surface area contributed by atoms with Crippen LogP contribution in [-0.2, 0) is 9.59 Å². The Labute approximate surface area is 152 Å². The van der Waals surface area contributed by atoms with E-state index in [1.165, 1.54) is 12.8 Å². The van der Waals surface area contributed by atoms with E-state index < -0.39 is 0 Å². The first-order valence-electron chi connectivity index (χ1n) is 9.18. The van der Waals surface area contributed by atoms with Gasteiger partial charge < -0.3 is 5.32 Å². The number of hydrogen-bond donors (Lipinski definition) is 1. The summed E-state index contributed by atoms with van der Waals surface area (Å²) in [6.45, 7) is 25.2. The van der Waals surface area contributed by atoms with Gasteiger partial charge in [-0.2, -0.15) is 0 Å². The van der Waals surface area contributed by atoms with Crippen LogP contribution in [0.25, 0.3) is 0 Å². The molecule has 146 valence electrons. The summed E-state index contributed by atoms with van der Waals surface area (Å²) >= 11 is 0. The Morgan fingerprint density at radius 2 is 1.08 bits per heavy atom. The third-order valence-electron chi connectivity index (χ3n) is 3.31. The minimum atomic E-state index is -0.139. The quantitative estimate of drug-likeness (QED) is 0.681. The lowest BCUT2D eigenvalue weighted by Crippen LogP contribution is -2.24. The van der Waals surface area contributed by atoms with Crippen LogP contribution in [0.2, 0.25) is 0 Å². The number of hydrogen-bond acceptors (Lipinski definition) is 2. The van der Waals surface area contributed by atoms with Gasteiger partial charge in [0.25, 0.3) is 0 Å².